The lowest BCUT2D eigenvalue weighted by molar-refractivity contribution is -0.227. The number of ether oxygens (including phenoxy) is 2. The molecule has 1 fully saturated rings. The van der Waals surface area contributed by atoms with Crippen molar-refractivity contribution in [3.8, 4) is 0 Å². The zero-order chi connectivity index (χ0) is 9.73. The van der Waals surface area contributed by atoms with Crippen LogP contribution in [0.2, 0.25) is 0 Å². The Morgan fingerprint density at radius 2 is 1.77 bits per heavy atom. The number of methoxy groups -OCH3 is 2. The van der Waals surface area contributed by atoms with Gasteiger partial charge in [0, 0.05) is 33.7 Å². The highest BCUT2D eigenvalue weighted by atomic mass is 16.7. The van der Waals surface area contributed by atoms with Crippen molar-refractivity contribution < 1.29 is 14.6 Å². The van der Waals surface area contributed by atoms with E-state index in [2.05, 4.69) is 0 Å². The minimum atomic E-state index is -0.341. The zero-order valence-electron chi connectivity index (χ0n) is 8.58. The summed E-state index contributed by atoms with van der Waals surface area (Å²) in [7, 11) is 3.41. The van der Waals surface area contributed by atoms with Gasteiger partial charge < -0.3 is 14.6 Å². The second-order valence-electron chi connectivity index (χ2n) is 3.77. The second kappa shape index (κ2) is 4.94. The molecule has 1 rings (SSSR count). The summed E-state index contributed by atoms with van der Waals surface area (Å²) in [5.41, 5.74) is 0. The van der Waals surface area contributed by atoms with Crippen LogP contribution in [0, 0.1) is 5.92 Å². The van der Waals surface area contributed by atoms with Crippen LogP contribution < -0.4 is 0 Å². The van der Waals surface area contributed by atoms with Gasteiger partial charge in [0.2, 0.25) is 0 Å². The Hall–Kier alpha value is -0.120. The maximum atomic E-state index is 8.80. The smallest absolute Gasteiger partial charge is 0.167 e. The van der Waals surface area contributed by atoms with E-state index in [1.807, 2.05) is 0 Å². The van der Waals surface area contributed by atoms with E-state index in [1.165, 1.54) is 0 Å². The van der Waals surface area contributed by atoms with Crippen molar-refractivity contribution in [3.05, 3.63) is 0 Å². The molecule has 0 unspecified atom stereocenters. The van der Waals surface area contributed by atoms with Crippen LogP contribution in [0.15, 0.2) is 0 Å². The first-order chi connectivity index (χ1) is 6.26. The van der Waals surface area contributed by atoms with E-state index in [4.69, 9.17) is 14.6 Å². The minimum Gasteiger partial charge on any atom is -0.396 e. The molecule has 0 amide bonds. The average Bonchev–Trinajstić information content (AvgIpc) is 2.20. The quantitative estimate of drug-likeness (QED) is 0.680. The Kier molecular flexibility index (Phi) is 4.16. The Morgan fingerprint density at radius 1 is 1.23 bits per heavy atom. The monoisotopic (exact) mass is 188 g/mol. The molecule has 0 bridgehead atoms. The van der Waals surface area contributed by atoms with Gasteiger partial charge in [-0.05, 0) is 25.2 Å². The second-order valence-corrected chi connectivity index (χ2v) is 3.77. The van der Waals surface area contributed by atoms with E-state index in [9.17, 15) is 0 Å². The first-order valence-electron chi connectivity index (χ1n) is 4.97. The van der Waals surface area contributed by atoms with Crippen molar-refractivity contribution in [2.45, 2.75) is 37.9 Å². The molecule has 0 spiro atoms. The largest absolute Gasteiger partial charge is 0.396 e. The van der Waals surface area contributed by atoms with Crippen molar-refractivity contribution in [2.24, 2.45) is 5.92 Å². The van der Waals surface area contributed by atoms with E-state index in [-0.39, 0.29) is 5.79 Å². The van der Waals surface area contributed by atoms with Crippen LogP contribution in [0.5, 0.6) is 0 Å². The zero-order valence-corrected chi connectivity index (χ0v) is 8.58. The Morgan fingerprint density at radius 3 is 2.15 bits per heavy atom. The molecule has 1 saturated carbocycles. The molecule has 3 heteroatoms. The molecule has 0 aromatic carbocycles. The highest BCUT2D eigenvalue weighted by molar-refractivity contribution is 4.79. The van der Waals surface area contributed by atoms with Crippen molar-refractivity contribution in [3.63, 3.8) is 0 Å². The summed E-state index contributed by atoms with van der Waals surface area (Å²) >= 11 is 0. The molecule has 1 aliphatic rings. The van der Waals surface area contributed by atoms with Crippen LogP contribution in [-0.2, 0) is 9.47 Å². The SMILES string of the molecule is COC1(OC)CCC(CCO)CC1. The molecule has 13 heavy (non-hydrogen) atoms. The van der Waals surface area contributed by atoms with Gasteiger partial charge in [0.15, 0.2) is 5.79 Å². The fourth-order valence-corrected chi connectivity index (χ4v) is 2.08. The van der Waals surface area contributed by atoms with Crippen LogP contribution in [0.1, 0.15) is 32.1 Å². The molecule has 0 aromatic rings. The van der Waals surface area contributed by atoms with Crippen LogP contribution in [-0.4, -0.2) is 31.7 Å². The third-order valence-electron chi connectivity index (χ3n) is 3.15. The van der Waals surface area contributed by atoms with Crippen molar-refractivity contribution in [2.75, 3.05) is 20.8 Å². The fraction of sp³-hybridized carbons (Fsp3) is 1.00. The van der Waals surface area contributed by atoms with E-state index >= 15 is 0 Å². The van der Waals surface area contributed by atoms with Gasteiger partial charge in [-0.3, -0.25) is 0 Å². The number of aliphatic hydroxyl groups is 1. The van der Waals surface area contributed by atoms with Crippen LogP contribution in [0.3, 0.4) is 0 Å². The van der Waals surface area contributed by atoms with Gasteiger partial charge in [0.05, 0.1) is 0 Å². The number of hydrogen-bond acceptors (Lipinski definition) is 3. The summed E-state index contributed by atoms with van der Waals surface area (Å²) in [5.74, 6) is 0.315. The van der Waals surface area contributed by atoms with Gasteiger partial charge >= 0.3 is 0 Å². The Bertz CT molecular complexity index is 133. The number of rotatable bonds is 4. The molecule has 3 nitrogen and oxygen atoms in total. The predicted molar refractivity (Wildman–Crippen MR) is 50.4 cm³/mol. The van der Waals surface area contributed by atoms with Gasteiger partial charge in [0.1, 0.15) is 0 Å². The average molecular weight is 188 g/mol. The summed E-state index contributed by atoms with van der Waals surface area (Å²) in [6.45, 7) is 0.303. The van der Waals surface area contributed by atoms with Crippen LogP contribution >= 0.6 is 0 Å². The summed E-state index contributed by atoms with van der Waals surface area (Å²) in [4.78, 5) is 0. The summed E-state index contributed by atoms with van der Waals surface area (Å²) < 4.78 is 10.7. The Labute approximate surface area is 80.0 Å². The highest BCUT2D eigenvalue weighted by Gasteiger charge is 2.34. The third-order valence-corrected chi connectivity index (χ3v) is 3.15. The third kappa shape index (κ3) is 2.66. The van der Waals surface area contributed by atoms with Crippen LogP contribution in [0.4, 0.5) is 0 Å². The maximum Gasteiger partial charge on any atom is 0.167 e. The topological polar surface area (TPSA) is 38.7 Å². The highest BCUT2D eigenvalue weighted by Crippen LogP contribution is 2.36. The van der Waals surface area contributed by atoms with E-state index in [1.54, 1.807) is 14.2 Å². The molecule has 0 radical (unpaired) electrons. The summed E-state index contributed by atoms with van der Waals surface area (Å²) in [5, 5.41) is 8.80. The van der Waals surface area contributed by atoms with Crippen molar-refractivity contribution in [1.29, 1.82) is 0 Å². The maximum absolute atomic E-state index is 8.80. The van der Waals surface area contributed by atoms with Crippen LogP contribution in [0.25, 0.3) is 0 Å². The molecular weight excluding hydrogens is 168 g/mol. The van der Waals surface area contributed by atoms with Gasteiger partial charge in [-0.25, -0.2) is 0 Å². The molecule has 1 N–H and O–H groups in total. The van der Waals surface area contributed by atoms with E-state index in [0.29, 0.717) is 12.5 Å². The van der Waals surface area contributed by atoms with Gasteiger partial charge in [-0.2, -0.15) is 0 Å². The van der Waals surface area contributed by atoms with E-state index in [0.717, 1.165) is 32.1 Å². The molecule has 1 aliphatic carbocycles. The lowest BCUT2D eigenvalue weighted by Gasteiger charge is -2.37. The van der Waals surface area contributed by atoms with Gasteiger partial charge in [-0.15, -0.1) is 0 Å². The number of hydrogen-bond donors (Lipinski definition) is 1. The van der Waals surface area contributed by atoms with Crippen molar-refractivity contribution >= 4 is 0 Å². The molecular formula is C10H20O3. The fourth-order valence-electron chi connectivity index (χ4n) is 2.08. The van der Waals surface area contributed by atoms with Gasteiger partial charge in [0.25, 0.3) is 0 Å². The standard InChI is InChI=1S/C10H20O3/c1-12-10(13-2)6-3-9(4-7-10)5-8-11/h9,11H,3-8H2,1-2H3. The van der Waals surface area contributed by atoms with E-state index < -0.39 is 0 Å². The predicted octanol–water partition coefficient (Wildman–Crippen LogP) is 1.55. The molecule has 0 heterocycles. The Balaban J connectivity index is 2.36. The normalized spacial score (nSPS) is 23.3. The summed E-state index contributed by atoms with van der Waals surface area (Å²) in [6, 6.07) is 0. The van der Waals surface area contributed by atoms with Gasteiger partial charge in [-0.1, -0.05) is 0 Å². The molecule has 0 atom stereocenters. The molecule has 78 valence electrons. The van der Waals surface area contributed by atoms with Crippen molar-refractivity contribution in [1.82, 2.24) is 0 Å². The molecule has 0 saturated heterocycles. The summed E-state index contributed by atoms with van der Waals surface area (Å²) in [6.07, 6.45) is 5.02. The first-order valence-corrected chi connectivity index (χ1v) is 4.97. The molecule has 0 aromatic heterocycles. The molecule has 0 aliphatic heterocycles. The lowest BCUT2D eigenvalue weighted by Crippen LogP contribution is -2.38. The number of aliphatic hydroxyl groups excluding tert-OH is 1. The lowest BCUT2D eigenvalue weighted by atomic mass is 9.83. The minimum absolute atomic E-state index is 0.303. The first kappa shape index (κ1) is 11.0.